The highest BCUT2D eigenvalue weighted by Gasteiger charge is 2.15. The van der Waals surface area contributed by atoms with Crippen LogP contribution >= 0.6 is 11.3 Å². The number of anilines is 2. The van der Waals surface area contributed by atoms with E-state index in [0.717, 1.165) is 0 Å². The topological polar surface area (TPSA) is 84.5 Å². The molecule has 1 heterocycles. The Morgan fingerprint density at radius 3 is 2.44 bits per heavy atom. The lowest BCUT2D eigenvalue weighted by molar-refractivity contribution is 0.0600. The number of nitrogens with one attached hydrogen (secondary N) is 2. The zero-order valence-electron chi connectivity index (χ0n) is 14.4. The van der Waals surface area contributed by atoms with Gasteiger partial charge >= 0.3 is 5.97 Å². The number of ether oxygens (including phenoxy) is 1. The maximum atomic E-state index is 12.7. The highest BCUT2D eigenvalue weighted by molar-refractivity contribution is 7.08. The van der Waals surface area contributed by atoms with Crippen LogP contribution in [0.3, 0.4) is 0 Å². The van der Waals surface area contributed by atoms with Crippen LogP contribution in [0.1, 0.15) is 31.1 Å². The molecular weight excluding hydrogens is 364 g/mol. The molecule has 0 spiro atoms. The van der Waals surface area contributed by atoms with Gasteiger partial charge in [-0.3, -0.25) is 9.59 Å². The molecule has 7 heteroatoms. The number of amides is 2. The minimum atomic E-state index is -0.491. The molecule has 0 atom stereocenters. The summed E-state index contributed by atoms with van der Waals surface area (Å²) in [7, 11) is 1.29. The van der Waals surface area contributed by atoms with Gasteiger partial charge in [-0.05, 0) is 41.8 Å². The Kier molecular flexibility index (Phi) is 5.63. The van der Waals surface area contributed by atoms with Gasteiger partial charge in [-0.15, -0.1) is 0 Å². The van der Waals surface area contributed by atoms with E-state index in [1.54, 1.807) is 53.9 Å². The summed E-state index contributed by atoms with van der Waals surface area (Å²) >= 11 is 1.42. The van der Waals surface area contributed by atoms with Crippen molar-refractivity contribution < 1.29 is 19.1 Å². The first-order chi connectivity index (χ1) is 13.1. The molecule has 2 aromatic carbocycles. The van der Waals surface area contributed by atoms with Gasteiger partial charge in [0.1, 0.15) is 0 Å². The first-order valence-electron chi connectivity index (χ1n) is 8.01. The molecule has 136 valence electrons. The van der Waals surface area contributed by atoms with Crippen molar-refractivity contribution in [3.8, 4) is 0 Å². The van der Waals surface area contributed by atoms with Gasteiger partial charge in [0, 0.05) is 11.1 Å². The zero-order chi connectivity index (χ0) is 19.2. The molecule has 0 saturated heterocycles. The average Bonchev–Trinajstić information content (AvgIpc) is 3.23. The Morgan fingerprint density at radius 1 is 0.889 bits per heavy atom. The first-order valence-corrected chi connectivity index (χ1v) is 8.95. The van der Waals surface area contributed by atoms with E-state index in [1.165, 1.54) is 24.5 Å². The highest BCUT2D eigenvalue weighted by Crippen LogP contribution is 2.20. The summed E-state index contributed by atoms with van der Waals surface area (Å²) in [6.45, 7) is 0. The first kappa shape index (κ1) is 18.3. The lowest BCUT2D eigenvalue weighted by Gasteiger charge is -2.11. The summed E-state index contributed by atoms with van der Waals surface area (Å²) in [5, 5.41) is 9.02. The van der Waals surface area contributed by atoms with Crippen molar-refractivity contribution in [3.63, 3.8) is 0 Å². The predicted molar refractivity (Wildman–Crippen MR) is 104 cm³/mol. The molecule has 2 amide bonds. The molecule has 0 aliphatic heterocycles. The van der Waals surface area contributed by atoms with Crippen LogP contribution in [0, 0.1) is 0 Å². The molecule has 27 heavy (non-hydrogen) atoms. The van der Waals surface area contributed by atoms with E-state index in [1.807, 2.05) is 5.38 Å². The highest BCUT2D eigenvalue weighted by atomic mass is 32.1. The second-order valence-electron chi connectivity index (χ2n) is 5.54. The van der Waals surface area contributed by atoms with E-state index in [4.69, 9.17) is 0 Å². The fourth-order valence-electron chi connectivity index (χ4n) is 2.42. The van der Waals surface area contributed by atoms with Gasteiger partial charge < -0.3 is 15.4 Å². The zero-order valence-corrected chi connectivity index (χ0v) is 15.2. The number of esters is 1. The van der Waals surface area contributed by atoms with E-state index in [0.29, 0.717) is 28.1 Å². The Bertz CT molecular complexity index is 983. The second-order valence-corrected chi connectivity index (χ2v) is 6.32. The van der Waals surface area contributed by atoms with Crippen molar-refractivity contribution in [3.05, 3.63) is 82.0 Å². The molecule has 0 unspecified atom stereocenters. The summed E-state index contributed by atoms with van der Waals surface area (Å²) < 4.78 is 4.68. The molecule has 0 fully saturated rings. The van der Waals surface area contributed by atoms with Crippen LogP contribution in [0.4, 0.5) is 11.4 Å². The van der Waals surface area contributed by atoms with Crippen molar-refractivity contribution >= 4 is 40.5 Å². The van der Waals surface area contributed by atoms with Gasteiger partial charge in [0.15, 0.2) is 0 Å². The molecule has 3 rings (SSSR count). The number of para-hydroxylation sites is 1. The van der Waals surface area contributed by atoms with Crippen LogP contribution in [0.25, 0.3) is 0 Å². The molecule has 1 aromatic heterocycles. The maximum absolute atomic E-state index is 12.7. The van der Waals surface area contributed by atoms with Gasteiger partial charge in [0.25, 0.3) is 11.8 Å². The third-order valence-corrected chi connectivity index (χ3v) is 4.43. The van der Waals surface area contributed by atoms with Crippen LogP contribution in [-0.4, -0.2) is 24.9 Å². The van der Waals surface area contributed by atoms with Gasteiger partial charge in [-0.25, -0.2) is 4.79 Å². The van der Waals surface area contributed by atoms with Crippen molar-refractivity contribution in [2.75, 3.05) is 17.7 Å². The number of thiophene rings is 1. The summed E-state index contributed by atoms with van der Waals surface area (Å²) in [6.07, 6.45) is 0. The normalized spacial score (nSPS) is 10.1. The van der Waals surface area contributed by atoms with Gasteiger partial charge in [-0.1, -0.05) is 18.2 Å². The largest absolute Gasteiger partial charge is 0.465 e. The quantitative estimate of drug-likeness (QED) is 0.654. The van der Waals surface area contributed by atoms with Gasteiger partial charge in [-0.2, -0.15) is 11.3 Å². The smallest absolute Gasteiger partial charge is 0.337 e. The summed E-state index contributed by atoms with van der Waals surface area (Å²) in [6, 6.07) is 14.8. The number of hydrogen-bond donors (Lipinski definition) is 2. The third kappa shape index (κ3) is 4.39. The lowest BCUT2D eigenvalue weighted by atomic mass is 10.1. The van der Waals surface area contributed by atoms with Crippen LogP contribution in [0.2, 0.25) is 0 Å². The average molecular weight is 380 g/mol. The molecule has 0 aliphatic rings. The number of hydrogen-bond acceptors (Lipinski definition) is 5. The predicted octanol–water partition coefficient (Wildman–Crippen LogP) is 4.04. The fraction of sp³-hybridized carbons (Fsp3) is 0.0500. The maximum Gasteiger partial charge on any atom is 0.337 e. The van der Waals surface area contributed by atoms with Crippen LogP contribution in [0.15, 0.2) is 65.4 Å². The third-order valence-electron chi connectivity index (χ3n) is 3.74. The lowest BCUT2D eigenvalue weighted by Crippen LogP contribution is -2.18. The van der Waals surface area contributed by atoms with Crippen LogP contribution < -0.4 is 10.6 Å². The monoisotopic (exact) mass is 380 g/mol. The number of rotatable bonds is 5. The molecule has 3 aromatic rings. The molecule has 0 bridgehead atoms. The Balaban J connectivity index is 1.79. The van der Waals surface area contributed by atoms with Crippen LogP contribution in [-0.2, 0) is 4.74 Å². The second kappa shape index (κ2) is 8.29. The number of carbonyl (C=O) groups excluding carboxylic acids is 3. The van der Waals surface area contributed by atoms with Gasteiger partial charge in [0.2, 0.25) is 0 Å². The van der Waals surface area contributed by atoms with Crippen molar-refractivity contribution in [2.45, 2.75) is 0 Å². The molecule has 2 N–H and O–H groups in total. The summed E-state index contributed by atoms with van der Waals surface area (Å²) in [5.74, 6) is -1.18. The van der Waals surface area contributed by atoms with Crippen molar-refractivity contribution in [2.24, 2.45) is 0 Å². The van der Waals surface area contributed by atoms with Crippen molar-refractivity contribution in [1.29, 1.82) is 0 Å². The molecule has 0 aliphatic carbocycles. The van der Waals surface area contributed by atoms with Gasteiger partial charge in [0.05, 0.1) is 29.5 Å². The van der Waals surface area contributed by atoms with E-state index in [2.05, 4.69) is 15.4 Å². The van der Waals surface area contributed by atoms with E-state index in [9.17, 15) is 14.4 Å². The number of benzene rings is 2. The summed E-state index contributed by atoms with van der Waals surface area (Å²) in [4.78, 5) is 36.6. The molecule has 0 saturated carbocycles. The minimum absolute atomic E-state index is 0.288. The number of methoxy groups -OCH3 is 1. The van der Waals surface area contributed by atoms with E-state index in [-0.39, 0.29) is 5.91 Å². The van der Waals surface area contributed by atoms with Crippen molar-refractivity contribution in [1.82, 2.24) is 0 Å². The SMILES string of the molecule is COC(=O)c1cccc(NC(=O)c2ccccc2NC(=O)c2ccsc2)c1. The fourth-order valence-corrected chi connectivity index (χ4v) is 3.05. The number of carbonyl (C=O) groups is 3. The molecule has 6 nitrogen and oxygen atoms in total. The van der Waals surface area contributed by atoms with Crippen LogP contribution in [0.5, 0.6) is 0 Å². The Labute approximate surface area is 159 Å². The Hall–Kier alpha value is -3.45. The van der Waals surface area contributed by atoms with E-state index < -0.39 is 11.9 Å². The molecule has 0 radical (unpaired) electrons. The van der Waals surface area contributed by atoms with E-state index >= 15 is 0 Å². The minimum Gasteiger partial charge on any atom is -0.465 e. The standard InChI is InChI=1S/C20H16N2O4S/c1-26-20(25)13-5-4-6-15(11-13)21-19(24)16-7-2-3-8-17(16)22-18(23)14-9-10-27-12-14/h2-12H,1H3,(H,21,24)(H,22,23). The molecular formula is C20H16N2O4S. The summed E-state index contributed by atoms with van der Waals surface area (Å²) in [5.41, 5.74) is 2.01. The Morgan fingerprint density at radius 2 is 1.70 bits per heavy atom.